The minimum Gasteiger partial charge on any atom is -0.352 e. The van der Waals surface area contributed by atoms with Gasteiger partial charge < -0.3 is 10.2 Å². The molecule has 0 fully saturated rings. The fourth-order valence-corrected chi connectivity index (χ4v) is 6.30. The molecule has 220 valence electrons. The van der Waals surface area contributed by atoms with Crippen LogP contribution in [0.25, 0.3) is 10.8 Å². The molecule has 0 aliphatic rings. The zero-order valence-electron chi connectivity index (χ0n) is 24.0. The van der Waals surface area contributed by atoms with Gasteiger partial charge in [0.2, 0.25) is 21.8 Å². The van der Waals surface area contributed by atoms with Gasteiger partial charge in [-0.2, -0.15) is 4.31 Å². The van der Waals surface area contributed by atoms with Crippen LogP contribution in [0.3, 0.4) is 0 Å². The van der Waals surface area contributed by atoms with Gasteiger partial charge in [0.15, 0.2) is 0 Å². The summed E-state index contributed by atoms with van der Waals surface area (Å²) in [6.07, 6.45) is 1.01. The quantitative estimate of drug-likeness (QED) is 0.211. The van der Waals surface area contributed by atoms with Crippen LogP contribution in [-0.2, 0) is 32.6 Å². The first-order valence-electron chi connectivity index (χ1n) is 13.9. The largest absolute Gasteiger partial charge is 0.352 e. The van der Waals surface area contributed by atoms with Crippen molar-refractivity contribution in [3.05, 3.63) is 113 Å². The van der Waals surface area contributed by atoms with E-state index < -0.39 is 28.5 Å². The van der Waals surface area contributed by atoms with Gasteiger partial charge in [0.1, 0.15) is 6.04 Å². The number of hydrogen-bond acceptors (Lipinski definition) is 4. The molecule has 4 aromatic rings. The zero-order chi connectivity index (χ0) is 30.3. The molecule has 0 spiro atoms. The van der Waals surface area contributed by atoms with E-state index in [-0.39, 0.29) is 29.8 Å². The predicted molar refractivity (Wildman–Crippen MR) is 170 cm³/mol. The minimum atomic E-state index is -3.99. The van der Waals surface area contributed by atoms with Gasteiger partial charge in [0, 0.05) is 30.5 Å². The first kappa shape index (κ1) is 31.4. The highest BCUT2D eigenvalue weighted by atomic mass is 79.9. The first-order valence-corrected chi connectivity index (χ1v) is 16.1. The van der Waals surface area contributed by atoms with Gasteiger partial charge >= 0.3 is 0 Å². The van der Waals surface area contributed by atoms with E-state index in [0.717, 1.165) is 37.1 Å². The summed E-state index contributed by atoms with van der Waals surface area (Å²) in [5.74, 6) is -0.751. The number of nitrogens with zero attached hydrogens (tertiary/aromatic N) is 2. The highest BCUT2D eigenvalue weighted by Crippen LogP contribution is 2.23. The molecule has 0 saturated carbocycles. The number of likely N-dealkylation sites (N-methyl/N-ethyl adjacent to an activating group) is 1. The molecule has 0 bridgehead atoms. The molecule has 9 heteroatoms. The van der Waals surface area contributed by atoms with E-state index in [1.165, 1.54) is 11.9 Å². The van der Waals surface area contributed by atoms with Crippen LogP contribution in [0.1, 0.15) is 31.4 Å². The van der Waals surface area contributed by atoms with Crippen LogP contribution in [0, 0.1) is 0 Å². The Labute approximate surface area is 256 Å². The lowest BCUT2D eigenvalue weighted by Crippen LogP contribution is -2.54. The molecule has 0 aliphatic heterocycles. The second-order valence-corrected chi connectivity index (χ2v) is 13.4. The number of carbonyl (C=O) groups is 2. The Kier molecular flexibility index (Phi) is 10.5. The van der Waals surface area contributed by atoms with Gasteiger partial charge in [-0.3, -0.25) is 9.59 Å². The number of rotatable bonds is 12. The molecule has 2 atom stereocenters. The summed E-state index contributed by atoms with van der Waals surface area (Å²) < 4.78 is 29.1. The lowest BCUT2D eigenvalue weighted by Gasteiger charge is -2.33. The number of fused-ring (bicyclic) bond motifs is 1. The summed E-state index contributed by atoms with van der Waals surface area (Å²) in [6.45, 7) is 3.61. The van der Waals surface area contributed by atoms with Crippen LogP contribution in [0.4, 0.5) is 0 Å². The molecule has 4 aromatic carbocycles. The van der Waals surface area contributed by atoms with Crippen molar-refractivity contribution < 1.29 is 18.0 Å². The van der Waals surface area contributed by atoms with Gasteiger partial charge in [-0.1, -0.05) is 95.7 Å². The molecule has 0 aromatic heterocycles. The van der Waals surface area contributed by atoms with Crippen molar-refractivity contribution in [1.82, 2.24) is 14.5 Å². The van der Waals surface area contributed by atoms with Crippen LogP contribution in [0.5, 0.6) is 0 Å². The summed E-state index contributed by atoms with van der Waals surface area (Å²) in [5, 5.41) is 4.75. The standard InChI is InChI=1S/C33H36BrN3O4S/c1-4-24(2)35-33(39)31(20-25-11-6-5-7-12-25)37(22-26-13-10-16-29(34)19-26)32(38)23-36(3)42(40,41)30-18-17-27-14-8-9-15-28(27)21-30/h5-19,21,24,31H,4,20,22-23H2,1-3H3,(H,35,39)/t24-,31-/m0/s1. The Morgan fingerprint density at radius 1 is 0.857 bits per heavy atom. The minimum absolute atomic E-state index is 0.0884. The summed E-state index contributed by atoms with van der Waals surface area (Å²) in [4.78, 5) is 29.4. The van der Waals surface area contributed by atoms with Crippen molar-refractivity contribution in [2.45, 2.75) is 50.2 Å². The maximum Gasteiger partial charge on any atom is 0.243 e. The van der Waals surface area contributed by atoms with Crippen molar-refractivity contribution in [3.63, 3.8) is 0 Å². The molecule has 42 heavy (non-hydrogen) atoms. The number of carbonyl (C=O) groups excluding carboxylic acids is 2. The van der Waals surface area contributed by atoms with E-state index in [0.29, 0.717) is 0 Å². The molecule has 0 heterocycles. The molecule has 4 rings (SSSR count). The van der Waals surface area contributed by atoms with E-state index in [2.05, 4.69) is 21.2 Å². The van der Waals surface area contributed by atoms with Crippen LogP contribution in [0.15, 0.2) is 106 Å². The van der Waals surface area contributed by atoms with Crippen molar-refractivity contribution in [2.24, 2.45) is 0 Å². The number of halogens is 1. The Balaban J connectivity index is 1.68. The molecular weight excluding hydrogens is 614 g/mol. The lowest BCUT2D eigenvalue weighted by molar-refractivity contribution is -0.141. The highest BCUT2D eigenvalue weighted by molar-refractivity contribution is 9.10. The molecule has 7 nitrogen and oxygen atoms in total. The Morgan fingerprint density at radius 3 is 2.21 bits per heavy atom. The molecule has 0 aliphatic carbocycles. The van der Waals surface area contributed by atoms with E-state index >= 15 is 0 Å². The second kappa shape index (κ2) is 14.1. The SMILES string of the molecule is CC[C@H](C)NC(=O)[C@H](Cc1ccccc1)N(Cc1cccc(Br)c1)C(=O)CN(C)S(=O)(=O)c1ccc2ccccc2c1. The van der Waals surface area contributed by atoms with E-state index in [1.54, 1.807) is 18.2 Å². The number of sulfonamides is 1. The fourth-order valence-electron chi connectivity index (χ4n) is 4.70. The monoisotopic (exact) mass is 649 g/mol. The third-order valence-electron chi connectivity index (χ3n) is 7.30. The number of benzene rings is 4. The van der Waals surface area contributed by atoms with Crippen LogP contribution < -0.4 is 5.32 Å². The van der Waals surface area contributed by atoms with Crippen molar-refractivity contribution in [1.29, 1.82) is 0 Å². The van der Waals surface area contributed by atoms with Crippen LogP contribution in [-0.4, -0.2) is 55.1 Å². The fraction of sp³-hybridized carbons (Fsp3) is 0.273. The number of nitrogens with one attached hydrogen (secondary N) is 1. The Bertz CT molecular complexity index is 1650. The van der Waals surface area contributed by atoms with Crippen LogP contribution >= 0.6 is 15.9 Å². The summed E-state index contributed by atoms with van der Waals surface area (Å²) in [6, 6.07) is 28.5. The van der Waals surface area contributed by atoms with E-state index in [9.17, 15) is 18.0 Å². The summed E-state index contributed by atoms with van der Waals surface area (Å²) >= 11 is 3.49. The average Bonchev–Trinajstić information content (AvgIpc) is 2.98. The number of hydrogen-bond donors (Lipinski definition) is 1. The topological polar surface area (TPSA) is 86.8 Å². The van der Waals surface area contributed by atoms with Gasteiger partial charge in [0.25, 0.3) is 0 Å². The van der Waals surface area contributed by atoms with Gasteiger partial charge in [-0.25, -0.2) is 8.42 Å². The normalized spacial score (nSPS) is 13.1. The smallest absolute Gasteiger partial charge is 0.243 e. The van der Waals surface area contributed by atoms with Gasteiger partial charge in [-0.05, 0) is 59.5 Å². The lowest BCUT2D eigenvalue weighted by atomic mass is 10.0. The van der Waals surface area contributed by atoms with Crippen molar-refractivity contribution in [3.8, 4) is 0 Å². The second-order valence-electron chi connectivity index (χ2n) is 10.4. The molecule has 0 saturated heterocycles. The molecule has 1 N–H and O–H groups in total. The van der Waals surface area contributed by atoms with Crippen LogP contribution in [0.2, 0.25) is 0 Å². The zero-order valence-corrected chi connectivity index (χ0v) is 26.4. The average molecular weight is 651 g/mol. The summed E-state index contributed by atoms with van der Waals surface area (Å²) in [7, 11) is -2.59. The van der Waals surface area contributed by atoms with Gasteiger partial charge in [-0.15, -0.1) is 0 Å². The molecular formula is C33H36BrN3O4S. The van der Waals surface area contributed by atoms with Crippen molar-refractivity contribution in [2.75, 3.05) is 13.6 Å². The third-order valence-corrected chi connectivity index (χ3v) is 9.59. The molecule has 2 amide bonds. The molecule has 0 radical (unpaired) electrons. The number of amides is 2. The Morgan fingerprint density at radius 2 is 1.52 bits per heavy atom. The highest BCUT2D eigenvalue weighted by Gasteiger charge is 2.33. The Hall–Kier alpha value is -3.53. The third kappa shape index (κ3) is 7.85. The maximum absolute atomic E-state index is 14.1. The summed E-state index contributed by atoms with van der Waals surface area (Å²) in [5.41, 5.74) is 1.71. The maximum atomic E-state index is 14.1. The predicted octanol–water partition coefficient (Wildman–Crippen LogP) is 5.78. The van der Waals surface area contributed by atoms with Gasteiger partial charge in [0.05, 0.1) is 11.4 Å². The van der Waals surface area contributed by atoms with E-state index in [4.69, 9.17) is 0 Å². The first-order chi connectivity index (χ1) is 20.1. The van der Waals surface area contributed by atoms with Crippen molar-refractivity contribution >= 4 is 48.5 Å². The molecule has 0 unspecified atom stereocenters. The van der Waals surface area contributed by atoms with E-state index in [1.807, 2.05) is 92.7 Å².